The van der Waals surface area contributed by atoms with Gasteiger partial charge in [-0.05, 0) is 30.8 Å². The van der Waals surface area contributed by atoms with E-state index in [4.69, 9.17) is 17.3 Å². The number of thiocarbonyl (C=S) groups is 1. The van der Waals surface area contributed by atoms with Crippen molar-refractivity contribution in [3.05, 3.63) is 35.4 Å². The Hall–Kier alpha value is -1.50. The van der Waals surface area contributed by atoms with E-state index in [-0.39, 0.29) is 12.5 Å². The van der Waals surface area contributed by atoms with Crippen molar-refractivity contribution in [2.45, 2.75) is 6.92 Å². The highest BCUT2D eigenvalue weighted by atomic mass is 32.1. The maximum atomic E-state index is 12.2. The first-order valence-corrected chi connectivity index (χ1v) is 7.51. The Bertz CT molecular complexity index is 513. The van der Waals surface area contributed by atoms with Crippen molar-refractivity contribution in [3.8, 4) is 0 Å². The zero-order valence-electron chi connectivity index (χ0n) is 12.2. The fourth-order valence-electron chi connectivity index (χ4n) is 2.39. The minimum atomic E-state index is -0.157. The summed E-state index contributed by atoms with van der Waals surface area (Å²) in [7, 11) is 0. The SMILES string of the molecule is Cc1ccccc1C(=O)NC(=S)N1CCN(CCO)CC1. The average molecular weight is 307 g/mol. The number of carbonyl (C=O) groups is 1. The van der Waals surface area contributed by atoms with Gasteiger partial charge in [0.05, 0.1) is 6.61 Å². The van der Waals surface area contributed by atoms with Crippen LogP contribution in [0.3, 0.4) is 0 Å². The molecule has 2 N–H and O–H groups in total. The second-order valence-electron chi connectivity index (χ2n) is 5.13. The van der Waals surface area contributed by atoms with Crippen molar-refractivity contribution in [2.24, 2.45) is 0 Å². The fraction of sp³-hybridized carbons (Fsp3) is 0.467. The first-order chi connectivity index (χ1) is 10.1. The summed E-state index contributed by atoms with van der Waals surface area (Å²) >= 11 is 5.32. The van der Waals surface area contributed by atoms with Gasteiger partial charge >= 0.3 is 0 Å². The van der Waals surface area contributed by atoms with E-state index in [9.17, 15) is 4.79 Å². The van der Waals surface area contributed by atoms with E-state index in [1.807, 2.05) is 30.0 Å². The highest BCUT2D eigenvalue weighted by Gasteiger charge is 2.20. The van der Waals surface area contributed by atoms with Gasteiger partial charge in [0, 0.05) is 38.3 Å². The molecule has 1 saturated heterocycles. The third-order valence-electron chi connectivity index (χ3n) is 3.69. The molecular weight excluding hydrogens is 286 g/mol. The lowest BCUT2D eigenvalue weighted by molar-refractivity contribution is 0.0967. The molecule has 0 radical (unpaired) electrons. The number of rotatable bonds is 3. The number of carbonyl (C=O) groups excluding carboxylic acids is 1. The van der Waals surface area contributed by atoms with Gasteiger partial charge in [0.25, 0.3) is 5.91 Å². The first kappa shape index (κ1) is 15.9. The average Bonchev–Trinajstić information content (AvgIpc) is 2.48. The molecular formula is C15H21N3O2S. The molecule has 1 aliphatic rings. The number of amides is 1. The summed E-state index contributed by atoms with van der Waals surface area (Å²) < 4.78 is 0. The van der Waals surface area contributed by atoms with E-state index < -0.39 is 0 Å². The van der Waals surface area contributed by atoms with Crippen LogP contribution in [0, 0.1) is 6.92 Å². The Kier molecular flexibility index (Phi) is 5.67. The van der Waals surface area contributed by atoms with Crippen molar-refractivity contribution in [1.29, 1.82) is 0 Å². The second kappa shape index (κ2) is 7.49. The summed E-state index contributed by atoms with van der Waals surface area (Å²) in [6.45, 7) is 6.01. The quantitative estimate of drug-likeness (QED) is 0.802. The first-order valence-electron chi connectivity index (χ1n) is 7.11. The number of nitrogens with zero attached hydrogens (tertiary/aromatic N) is 2. The number of aliphatic hydroxyl groups is 1. The molecule has 1 aromatic rings. The minimum absolute atomic E-state index is 0.157. The van der Waals surface area contributed by atoms with Crippen LogP contribution in [-0.2, 0) is 0 Å². The monoisotopic (exact) mass is 307 g/mol. The lowest BCUT2D eigenvalue weighted by Crippen LogP contribution is -2.53. The van der Waals surface area contributed by atoms with E-state index >= 15 is 0 Å². The van der Waals surface area contributed by atoms with Crippen molar-refractivity contribution in [1.82, 2.24) is 15.1 Å². The summed E-state index contributed by atoms with van der Waals surface area (Å²) in [4.78, 5) is 16.4. The van der Waals surface area contributed by atoms with Crippen LogP contribution in [0.4, 0.5) is 0 Å². The van der Waals surface area contributed by atoms with Crippen LogP contribution in [0.5, 0.6) is 0 Å². The van der Waals surface area contributed by atoms with E-state index in [2.05, 4.69) is 10.2 Å². The van der Waals surface area contributed by atoms with E-state index in [1.54, 1.807) is 6.07 Å². The summed E-state index contributed by atoms with van der Waals surface area (Å²) in [6.07, 6.45) is 0. The van der Waals surface area contributed by atoms with Crippen LogP contribution in [0.2, 0.25) is 0 Å². The lowest BCUT2D eigenvalue weighted by Gasteiger charge is -2.35. The number of aliphatic hydroxyl groups excluding tert-OH is 1. The van der Waals surface area contributed by atoms with Crippen LogP contribution in [0.25, 0.3) is 0 Å². The molecule has 21 heavy (non-hydrogen) atoms. The standard InChI is InChI=1S/C15H21N3O2S/c1-12-4-2-3-5-13(12)14(20)16-15(21)18-8-6-17(7-9-18)10-11-19/h2-5,19H,6-11H2,1H3,(H,16,20,21). The van der Waals surface area contributed by atoms with Crippen LogP contribution >= 0.6 is 12.2 Å². The maximum absolute atomic E-state index is 12.2. The Morgan fingerprint density at radius 2 is 1.95 bits per heavy atom. The maximum Gasteiger partial charge on any atom is 0.257 e. The molecule has 1 heterocycles. The minimum Gasteiger partial charge on any atom is -0.395 e. The molecule has 6 heteroatoms. The van der Waals surface area contributed by atoms with Crippen molar-refractivity contribution >= 4 is 23.2 Å². The predicted octanol–water partition coefficient (Wildman–Crippen LogP) is 0.620. The van der Waals surface area contributed by atoms with Crippen molar-refractivity contribution < 1.29 is 9.90 Å². The molecule has 5 nitrogen and oxygen atoms in total. The predicted molar refractivity (Wildman–Crippen MR) is 86.3 cm³/mol. The van der Waals surface area contributed by atoms with Crippen LogP contribution in [0.15, 0.2) is 24.3 Å². The van der Waals surface area contributed by atoms with Crippen molar-refractivity contribution in [2.75, 3.05) is 39.3 Å². The van der Waals surface area contributed by atoms with Crippen LogP contribution < -0.4 is 5.32 Å². The van der Waals surface area contributed by atoms with E-state index in [1.165, 1.54) is 0 Å². The number of hydrogen-bond acceptors (Lipinski definition) is 4. The molecule has 114 valence electrons. The topological polar surface area (TPSA) is 55.8 Å². The zero-order valence-corrected chi connectivity index (χ0v) is 13.0. The summed E-state index contributed by atoms with van der Waals surface area (Å²) in [6, 6.07) is 7.46. The van der Waals surface area contributed by atoms with Gasteiger partial charge < -0.3 is 10.0 Å². The number of piperazine rings is 1. The molecule has 0 unspecified atom stereocenters. The summed E-state index contributed by atoms with van der Waals surface area (Å²) in [5.41, 5.74) is 1.59. The fourth-order valence-corrected chi connectivity index (χ4v) is 2.66. The van der Waals surface area contributed by atoms with E-state index in [0.29, 0.717) is 17.2 Å². The van der Waals surface area contributed by atoms with Gasteiger partial charge in [0.1, 0.15) is 0 Å². The molecule has 2 rings (SSSR count). The molecule has 1 aromatic carbocycles. The molecule has 0 aromatic heterocycles. The Morgan fingerprint density at radius 3 is 2.57 bits per heavy atom. The molecule has 0 aliphatic carbocycles. The largest absolute Gasteiger partial charge is 0.395 e. The number of aryl methyl sites for hydroxylation is 1. The zero-order chi connectivity index (χ0) is 15.2. The third-order valence-corrected chi connectivity index (χ3v) is 4.05. The molecule has 0 saturated carbocycles. The van der Waals surface area contributed by atoms with Gasteiger partial charge in [-0.1, -0.05) is 18.2 Å². The van der Waals surface area contributed by atoms with E-state index in [0.717, 1.165) is 31.7 Å². The third kappa shape index (κ3) is 4.23. The van der Waals surface area contributed by atoms with Crippen LogP contribution in [0.1, 0.15) is 15.9 Å². The Morgan fingerprint density at radius 1 is 1.29 bits per heavy atom. The van der Waals surface area contributed by atoms with Gasteiger partial charge in [-0.15, -0.1) is 0 Å². The number of nitrogens with one attached hydrogen (secondary N) is 1. The van der Waals surface area contributed by atoms with Gasteiger partial charge in [-0.3, -0.25) is 15.0 Å². The Balaban J connectivity index is 1.88. The molecule has 0 atom stereocenters. The molecule has 1 amide bonds. The number of hydrogen-bond donors (Lipinski definition) is 2. The summed E-state index contributed by atoms with van der Waals surface area (Å²) in [5.74, 6) is -0.157. The molecule has 0 spiro atoms. The molecule has 1 fully saturated rings. The van der Waals surface area contributed by atoms with Crippen molar-refractivity contribution in [3.63, 3.8) is 0 Å². The lowest BCUT2D eigenvalue weighted by atomic mass is 10.1. The second-order valence-corrected chi connectivity index (χ2v) is 5.51. The molecule has 1 aliphatic heterocycles. The van der Waals surface area contributed by atoms with Gasteiger partial charge in [0.15, 0.2) is 5.11 Å². The van der Waals surface area contributed by atoms with Crippen LogP contribution in [-0.4, -0.2) is 65.3 Å². The van der Waals surface area contributed by atoms with Gasteiger partial charge in [0.2, 0.25) is 0 Å². The van der Waals surface area contributed by atoms with Gasteiger partial charge in [-0.2, -0.15) is 0 Å². The normalized spacial score (nSPS) is 15.8. The summed E-state index contributed by atoms with van der Waals surface area (Å²) in [5, 5.41) is 12.2. The highest BCUT2D eigenvalue weighted by molar-refractivity contribution is 7.80. The molecule has 0 bridgehead atoms. The Labute approximate surface area is 130 Å². The van der Waals surface area contributed by atoms with Gasteiger partial charge in [-0.25, -0.2) is 0 Å². The smallest absolute Gasteiger partial charge is 0.257 e. The highest BCUT2D eigenvalue weighted by Crippen LogP contribution is 2.07. The number of benzene rings is 1. The number of β-amino-alcohol motifs (C(OH)–C–C–N with tert-alkyl or cyclic N) is 1.